The van der Waals surface area contributed by atoms with E-state index >= 15 is 0 Å². The lowest BCUT2D eigenvalue weighted by atomic mass is 10.1. The summed E-state index contributed by atoms with van der Waals surface area (Å²) in [5.74, 6) is 0.139. The topological polar surface area (TPSA) is 46.9 Å². The summed E-state index contributed by atoms with van der Waals surface area (Å²) >= 11 is 12.3. The summed E-state index contributed by atoms with van der Waals surface area (Å²) in [4.78, 5) is 17.2. The summed E-state index contributed by atoms with van der Waals surface area (Å²) in [5.41, 5.74) is 1.81. The number of carbonyl (C=O) groups excluding carboxylic acids is 1. The summed E-state index contributed by atoms with van der Waals surface area (Å²) in [6.45, 7) is 4.37. The molecule has 1 amide bonds. The third-order valence-electron chi connectivity index (χ3n) is 4.43. The van der Waals surface area contributed by atoms with Crippen molar-refractivity contribution in [1.82, 2.24) is 14.9 Å². The largest absolute Gasteiger partial charge is 0.354 e. The number of hydrogen-bond donors (Lipinski definition) is 1. The Kier molecular flexibility index (Phi) is 6.02. The fourth-order valence-corrected chi connectivity index (χ4v) is 3.34. The first-order chi connectivity index (χ1) is 12.9. The molecule has 1 heterocycles. The first-order valence-electron chi connectivity index (χ1n) is 8.79. The minimum atomic E-state index is -0.527. The second kappa shape index (κ2) is 8.28. The predicted molar refractivity (Wildman–Crippen MR) is 107 cm³/mol. The molecule has 0 aliphatic rings. The number of amides is 1. The van der Waals surface area contributed by atoms with E-state index in [-0.39, 0.29) is 18.1 Å². The van der Waals surface area contributed by atoms with Gasteiger partial charge in [-0.2, -0.15) is 0 Å². The van der Waals surface area contributed by atoms with E-state index in [1.165, 1.54) is 6.07 Å². The van der Waals surface area contributed by atoms with Crippen LogP contribution in [0.5, 0.6) is 0 Å². The molecule has 27 heavy (non-hydrogen) atoms. The van der Waals surface area contributed by atoms with Gasteiger partial charge in [0.25, 0.3) is 0 Å². The Balaban J connectivity index is 2.11. The molecule has 0 radical (unpaired) electrons. The monoisotopic (exact) mass is 407 g/mol. The second-order valence-corrected chi connectivity index (χ2v) is 7.20. The van der Waals surface area contributed by atoms with Gasteiger partial charge in [-0.05, 0) is 37.1 Å². The zero-order valence-electron chi connectivity index (χ0n) is 15.1. The number of hydrogen-bond acceptors (Lipinski definition) is 2. The number of halogens is 3. The molecule has 0 spiro atoms. The molecule has 7 heteroatoms. The Morgan fingerprint density at radius 3 is 2.67 bits per heavy atom. The average molecular weight is 408 g/mol. The molecule has 4 nitrogen and oxygen atoms in total. The summed E-state index contributed by atoms with van der Waals surface area (Å²) in [5, 5.41) is 3.66. The lowest BCUT2D eigenvalue weighted by molar-refractivity contribution is -0.123. The standard InChI is InChI=1S/C20H20Cl2FN3O/c1-3-8-24-20(27)12(2)26-18-11-15(22)14(21)10-17(18)25-19(26)9-13-6-4-5-7-16(13)23/h4-7,10-12H,3,8-9H2,1-2H3,(H,24,27)/t12-/m0/s1. The highest BCUT2D eigenvalue weighted by Gasteiger charge is 2.23. The lowest BCUT2D eigenvalue weighted by Crippen LogP contribution is -2.32. The van der Waals surface area contributed by atoms with Crippen molar-refractivity contribution < 1.29 is 9.18 Å². The molecule has 0 aliphatic heterocycles. The zero-order valence-corrected chi connectivity index (χ0v) is 16.6. The number of imidazole rings is 1. The van der Waals surface area contributed by atoms with Gasteiger partial charge in [-0.15, -0.1) is 0 Å². The zero-order chi connectivity index (χ0) is 19.6. The molecule has 3 aromatic rings. The summed E-state index contributed by atoms with van der Waals surface area (Å²) in [7, 11) is 0. The number of aromatic nitrogens is 2. The van der Waals surface area contributed by atoms with Gasteiger partial charge in [-0.25, -0.2) is 9.37 Å². The SMILES string of the molecule is CCCNC(=O)[C@H](C)n1c(Cc2ccccc2F)nc2cc(Cl)c(Cl)cc21. The molecule has 0 unspecified atom stereocenters. The van der Waals surface area contributed by atoms with E-state index in [2.05, 4.69) is 10.3 Å². The van der Waals surface area contributed by atoms with Gasteiger partial charge in [-0.3, -0.25) is 4.79 Å². The van der Waals surface area contributed by atoms with Crippen LogP contribution >= 0.6 is 23.2 Å². The van der Waals surface area contributed by atoms with Gasteiger partial charge < -0.3 is 9.88 Å². The molecule has 142 valence electrons. The van der Waals surface area contributed by atoms with Crippen molar-refractivity contribution >= 4 is 40.1 Å². The molecule has 3 rings (SSSR count). The van der Waals surface area contributed by atoms with Crippen LogP contribution in [0.1, 0.15) is 37.7 Å². The maximum atomic E-state index is 14.2. The van der Waals surface area contributed by atoms with Crippen LogP contribution < -0.4 is 5.32 Å². The van der Waals surface area contributed by atoms with E-state index in [4.69, 9.17) is 23.2 Å². The molecular formula is C20H20Cl2FN3O. The minimum absolute atomic E-state index is 0.128. The van der Waals surface area contributed by atoms with Crippen LogP contribution in [0.25, 0.3) is 11.0 Å². The highest BCUT2D eigenvalue weighted by molar-refractivity contribution is 6.42. The number of nitrogens with one attached hydrogen (secondary N) is 1. The number of rotatable bonds is 6. The molecule has 0 aliphatic carbocycles. The van der Waals surface area contributed by atoms with Crippen molar-refractivity contribution in [2.24, 2.45) is 0 Å². The molecule has 1 aromatic heterocycles. The smallest absolute Gasteiger partial charge is 0.242 e. The fourth-order valence-electron chi connectivity index (χ4n) is 3.02. The number of benzene rings is 2. The normalized spacial score (nSPS) is 12.3. The van der Waals surface area contributed by atoms with Crippen molar-refractivity contribution in [3.63, 3.8) is 0 Å². The quantitative estimate of drug-likeness (QED) is 0.613. The maximum Gasteiger partial charge on any atom is 0.242 e. The number of fused-ring (bicyclic) bond motifs is 1. The van der Waals surface area contributed by atoms with Crippen molar-refractivity contribution in [3.8, 4) is 0 Å². The van der Waals surface area contributed by atoms with Gasteiger partial charge in [-0.1, -0.05) is 48.3 Å². The van der Waals surface area contributed by atoms with Gasteiger partial charge in [0.2, 0.25) is 5.91 Å². The van der Waals surface area contributed by atoms with Crippen molar-refractivity contribution in [1.29, 1.82) is 0 Å². The third-order valence-corrected chi connectivity index (χ3v) is 5.15. The number of carbonyl (C=O) groups is 1. The summed E-state index contributed by atoms with van der Waals surface area (Å²) in [6.07, 6.45) is 1.09. The minimum Gasteiger partial charge on any atom is -0.354 e. The van der Waals surface area contributed by atoms with Crippen molar-refractivity contribution in [3.05, 3.63) is 63.6 Å². The van der Waals surface area contributed by atoms with E-state index in [0.717, 1.165) is 6.42 Å². The van der Waals surface area contributed by atoms with Crippen LogP contribution in [0.2, 0.25) is 10.0 Å². The highest BCUT2D eigenvalue weighted by Crippen LogP contribution is 2.31. The molecule has 1 N–H and O–H groups in total. The molecule has 1 atom stereocenters. The van der Waals surface area contributed by atoms with E-state index in [0.29, 0.717) is 39.0 Å². The Morgan fingerprint density at radius 2 is 1.96 bits per heavy atom. The van der Waals surface area contributed by atoms with Crippen molar-refractivity contribution in [2.75, 3.05) is 6.54 Å². The first kappa shape index (κ1) is 19.6. The van der Waals surface area contributed by atoms with Gasteiger partial charge >= 0.3 is 0 Å². The Hall–Kier alpha value is -2.11. The summed E-state index contributed by atoms with van der Waals surface area (Å²) in [6, 6.07) is 9.37. The molecule has 0 saturated heterocycles. The van der Waals surface area contributed by atoms with E-state index in [1.54, 1.807) is 41.8 Å². The average Bonchev–Trinajstić information content (AvgIpc) is 2.98. The van der Waals surface area contributed by atoms with Crippen molar-refractivity contribution in [2.45, 2.75) is 32.7 Å². The van der Waals surface area contributed by atoms with Gasteiger partial charge in [0.1, 0.15) is 17.7 Å². The fraction of sp³-hybridized carbons (Fsp3) is 0.300. The van der Waals surface area contributed by atoms with E-state index < -0.39 is 6.04 Å². The van der Waals surface area contributed by atoms with Crippen LogP contribution in [0.15, 0.2) is 36.4 Å². The molecule has 0 bridgehead atoms. The van der Waals surface area contributed by atoms with Crippen LogP contribution in [0.4, 0.5) is 4.39 Å². The number of nitrogens with zero attached hydrogens (tertiary/aromatic N) is 2. The van der Waals surface area contributed by atoms with Crippen LogP contribution in [0.3, 0.4) is 0 Å². The second-order valence-electron chi connectivity index (χ2n) is 6.39. The van der Waals surface area contributed by atoms with Gasteiger partial charge in [0.05, 0.1) is 21.1 Å². The van der Waals surface area contributed by atoms with Crippen LogP contribution in [-0.2, 0) is 11.2 Å². The molecule has 0 fully saturated rings. The van der Waals surface area contributed by atoms with Crippen LogP contribution in [-0.4, -0.2) is 22.0 Å². The molecule has 0 saturated carbocycles. The highest BCUT2D eigenvalue weighted by atomic mass is 35.5. The Bertz CT molecular complexity index is 987. The molecule has 2 aromatic carbocycles. The van der Waals surface area contributed by atoms with E-state index in [1.807, 2.05) is 6.92 Å². The van der Waals surface area contributed by atoms with Crippen LogP contribution in [0, 0.1) is 5.82 Å². The predicted octanol–water partition coefficient (Wildman–Crippen LogP) is 5.16. The molecular weight excluding hydrogens is 388 g/mol. The Labute approximate surface area is 167 Å². The van der Waals surface area contributed by atoms with Gasteiger partial charge in [0, 0.05) is 13.0 Å². The third kappa shape index (κ3) is 4.09. The first-order valence-corrected chi connectivity index (χ1v) is 9.55. The summed E-state index contributed by atoms with van der Waals surface area (Å²) < 4.78 is 16.0. The Morgan fingerprint density at radius 1 is 1.26 bits per heavy atom. The maximum absolute atomic E-state index is 14.2. The van der Waals surface area contributed by atoms with E-state index in [9.17, 15) is 9.18 Å². The lowest BCUT2D eigenvalue weighted by Gasteiger charge is -2.18. The van der Waals surface area contributed by atoms with Gasteiger partial charge in [0.15, 0.2) is 0 Å².